The first-order valence-electron chi connectivity index (χ1n) is 7.46. The summed E-state index contributed by atoms with van der Waals surface area (Å²) >= 11 is 6.11. The number of halogens is 1. The number of hydrogen-bond acceptors (Lipinski definition) is 5. The summed E-state index contributed by atoms with van der Waals surface area (Å²) in [6, 6.07) is 2.08. The lowest BCUT2D eigenvalue weighted by Crippen LogP contribution is -2.42. The fraction of sp³-hybridized carbons (Fsp3) is 0.733. The molecule has 21 heavy (non-hydrogen) atoms. The molecule has 0 aliphatic carbocycles. The van der Waals surface area contributed by atoms with Gasteiger partial charge in [0.2, 0.25) is 0 Å². The van der Waals surface area contributed by atoms with Gasteiger partial charge in [-0.15, -0.1) is 0 Å². The van der Waals surface area contributed by atoms with Crippen molar-refractivity contribution in [3.05, 3.63) is 17.0 Å². The number of nitrogens with zero attached hydrogens (tertiary/aromatic N) is 3. The molecule has 2 heterocycles. The summed E-state index contributed by atoms with van der Waals surface area (Å²) in [5, 5.41) is 3.91. The topological polar surface area (TPSA) is 50.3 Å². The van der Waals surface area contributed by atoms with Crippen molar-refractivity contribution in [2.45, 2.75) is 39.2 Å². The molecule has 0 spiro atoms. The van der Waals surface area contributed by atoms with Crippen LogP contribution in [-0.4, -0.2) is 53.8 Å². The second kappa shape index (κ2) is 6.90. The minimum absolute atomic E-state index is 0.116. The lowest BCUT2D eigenvalue weighted by atomic mass is 9.96. The molecule has 1 aliphatic heterocycles. The highest BCUT2D eigenvalue weighted by atomic mass is 35.5. The van der Waals surface area contributed by atoms with E-state index in [4.69, 9.17) is 16.3 Å². The highest BCUT2D eigenvalue weighted by Gasteiger charge is 2.20. The maximum Gasteiger partial charge on any atom is 0.137 e. The molecule has 2 rings (SSSR count). The van der Waals surface area contributed by atoms with Crippen LogP contribution >= 0.6 is 11.6 Å². The van der Waals surface area contributed by atoms with Gasteiger partial charge < -0.3 is 10.1 Å². The third-order valence-corrected chi connectivity index (χ3v) is 3.59. The van der Waals surface area contributed by atoms with Crippen molar-refractivity contribution in [3.63, 3.8) is 0 Å². The van der Waals surface area contributed by atoms with Crippen molar-refractivity contribution in [1.29, 1.82) is 0 Å². The molecule has 1 aromatic heterocycles. The quantitative estimate of drug-likeness (QED) is 0.866. The summed E-state index contributed by atoms with van der Waals surface area (Å²) in [6.07, 6.45) is 0. The zero-order valence-corrected chi connectivity index (χ0v) is 14.1. The first kappa shape index (κ1) is 16.5. The van der Waals surface area contributed by atoms with Gasteiger partial charge in [0, 0.05) is 37.2 Å². The second-order valence-electron chi connectivity index (χ2n) is 6.61. The van der Waals surface area contributed by atoms with Crippen LogP contribution in [0.5, 0.6) is 0 Å². The predicted molar refractivity (Wildman–Crippen MR) is 86.1 cm³/mol. The Morgan fingerprint density at radius 2 is 2.00 bits per heavy atom. The lowest BCUT2D eigenvalue weighted by Gasteiger charge is -2.29. The van der Waals surface area contributed by atoms with Crippen LogP contribution in [0.2, 0.25) is 5.15 Å². The molecule has 0 aromatic carbocycles. The van der Waals surface area contributed by atoms with Gasteiger partial charge in [0.1, 0.15) is 16.8 Å². The fourth-order valence-electron chi connectivity index (χ4n) is 2.30. The zero-order valence-electron chi connectivity index (χ0n) is 13.3. The van der Waals surface area contributed by atoms with E-state index in [1.54, 1.807) is 6.07 Å². The second-order valence-corrected chi connectivity index (χ2v) is 7.00. The molecule has 6 heteroatoms. The van der Waals surface area contributed by atoms with Crippen LogP contribution in [0.4, 0.5) is 5.82 Å². The molecule has 1 saturated heterocycles. The van der Waals surface area contributed by atoms with Gasteiger partial charge in [-0.3, -0.25) is 4.90 Å². The van der Waals surface area contributed by atoms with Gasteiger partial charge in [-0.05, 0) is 6.92 Å². The third kappa shape index (κ3) is 5.09. The highest BCUT2D eigenvalue weighted by Crippen LogP contribution is 2.22. The minimum atomic E-state index is -0.116. The standard InChI is InChI=1S/C15H25ClN4O/c1-11(10-20-5-7-21-8-6-20)17-13-9-12(16)18-14(19-13)15(2,3)4/h9,11H,5-8,10H2,1-4H3,(H,17,18,19). The van der Waals surface area contributed by atoms with E-state index in [-0.39, 0.29) is 5.41 Å². The number of morpholine rings is 1. The van der Waals surface area contributed by atoms with Crippen molar-refractivity contribution in [2.24, 2.45) is 0 Å². The first-order valence-corrected chi connectivity index (χ1v) is 7.84. The Bertz CT molecular complexity index is 469. The van der Waals surface area contributed by atoms with Crippen LogP contribution in [-0.2, 0) is 10.2 Å². The average Bonchev–Trinajstić information content (AvgIpc) is 2.37. The third-order valence-electron chi connectivity index (χ3n) is 3.40. The lowest BCUT2D eigenvalue weighted by molar-refractivity contribution is 0.0368. The average molecular weight is 313 g/mol. The Kier molecular flexibility index (Phi) is 5.41. The molecule has 0 radical (unpaired) electrons. The van der Waals surface area contributed by atoms with E-state index in [2.05, 4.69) is 47.9 Å². The smallest absolute Gasteiger partial charge is 0.137 e. The Labute approximate surface area is 132 Å². The summed E-state index contributed by atoms with van der Waals surface area (Å²) in [5.41, 5.74) is -0.116. The molecule has 1 unspecified atom stereocenters. The Hall–Kier alpha value is -0.910. The van der Waals surface area contributed by atoms with Crippen LogP contribution in [0.3, 0.4) is 0 Å². The van der Waals surface area contributed by atoms with E-state index < -0.39 is 0 Å². The van der Waals surface area contributed by atoms with Crippen LogP contribution in [0.25, 0.3) is 0 Å². The molecule has 1 fully saturated rings. The van der Waals surface area contributed by atoms with Gasteiger partial charge in [-0.1, -0.05) is 32.4 Å². The maximum atomic E-state index is 6.11. The molecule has 0 saturated carbocycles. The molecule has 0 amide bonds. The zero-order chi connectivity index (χ0) is 15.5. The Morgan fingerprint density at radius 3 is 2.62 bits per heavy atom. The molecule has 1 aliphatic rings. The number of hydrogen-bond donors (Lipinski definition) is 1. The summed E-state index contributed by atoms with van der Waals surface area (Å²) in [6.45, 7) is 13.0. The molecule has 5 nitrogen and oxygen atoms in total. The highest BCUT2D eigenvalue weighted by molar-refractivity contribution is 6.29. The van der Waals surface area contributed by atoms with Gasteiger partial charge in [0.25, 0.3) is 0 Å². The first-order chi connectivity index (χ1) is 9.84. The van der Waals surface area contributed by atoms with E-state index >= 15 is 0 Å². The fourth-order valence-corrected chi connectivity index (χ4v) is 2.48. The molecule has 0 bridgehead atoms. The van der Waals surface area contributed by atoms with E-state index in [1.807, 2.05) is 0 Å². The van der Waals surface area contributed by atoms with E-state index in [0.29, 0.717) is 11.2 Å². The van der Waals surface area contributed by atoms with E-state index in [9.17, 15) is 0 Å². The number of aromatic nitrogens is 2. The number of rotatable bonds is 4. The van der Waals surface area contributed by atoms with Gasteiger partial charge in [0.15, 0.2) is 0 Å². The summed E-state index contributed by atoms with van der Waals surface area (Å²) < 4.78 is 5.37. The minimum Gasteiger partial charge on any atom is -0.379 e. The van der Waals surface area contributed by atoms with Crippen molar-refractivity contribution < 1.29 is 4.74 Å². The summed E-state index contributed by atoms with van der Waals surface area (Å²) in [7, 11) is 0. The monoisotopic (exact) mass is 312 g/mol. The number of ether oxygens (including phenoxy) is 1. The van der Waals surface area contributed by atoms with Gasteiger partial charge in [-0.2, -0.15) is 0 Å². The van der Waals surface area contributed by atoms with Crippen LogP contribution in [0.15, 0.2) is 6.07 Å². The molecular weight excluding hydrogens is 288 g/mol. The molecule has 118 valence electrons. The van der Waals surface area contributed by atoms with Crippen molar-refractivity contribution in [2.75, 3.05) is 38.2 Å². The summed E-state index contributed by atoms with van der Waals surface area (Å²) in [5.74, 6) is 1.55. The van der Waals surface area contributed by atoms with E-state index in [0.717, 1.165) is 44.5 Å². The van der Waals surface area contributed by atoms with Gasteiger partial charge in [0.05, 0.1) is 13.2 Å². The van der Waals surface area contributed by atoms with E-state index in [1.165, 1.54) is 0 Å². The maximum absolute atomic E-state index is 6.11. The SMILES string of the molecule is CC(CN1CCOCC1)Nc1cc(Cl)nc(C(C)(C)C)n1. The van der Waals surface area contributed by atoms with Crippen molar-refractivity contribution in [1.82, 2.24) is 14.9 Å². The Morgan fingerprint density at radius 1 is 1.33 bits per heavy atom. The molecular formula is C15H25ClN4O. The normalized spacial score (nSPS) is 18.5. The predicted octanol–water partition coefficient (Wildman–Crippen LogP) is 2.56. The van der Waals surface area contributed by atoms with Gasteiger partial charge in [-0.25, -0.2) is 9.97 Å². The summed E-state index contributed by atoms with van der Waals surface area (Å²) in [4.78, 5) is 11.3. The number of nitrogens with one attached hydrogen (secondary N) is 1. The van der Waals surface area contributed by atoms with Crippen molar-refractivity contribution >= 4 is 17.4 Å². The van der Waals surface area contributed by atoms with Crippen LogP contribution < -0.4 is 5.32 Å². The number of anilines is 1. The van der Waals surface area contributed by atoms with Crippen molar-refractivity contribution in [3.8, 4) is 0 Å². The van der Waals surface area contributed by atoms with Crippen LogP contribution in [0.1, 0.15) is 33.5 Å². The van der Waals surface area contributed by atoms with Crippen LogP contribution in [0, 0.1) is 0 Å². The molecule has 1 atom stereocenters. The molecule has 1 aromatic rings. The Balaban J connectivity index is 1.99. The largest absolute Gasteiger partial charge is 0.379 e. The van der Waals surface area contributed by atoms with Gasteiger partial charge >= 0.3 is 0 Å². The molecule has 1 N–H and O–H groups in total.